The van der Waals surface area contributed by atoms with Gasteiger partial charge in [0, 0.05) is 26.7 Å². The second-order valence-electron chi connectivity index (χ2n) is 7.99. The number of nitrogens with zero attached hydrogens (tertiary/aromatic N) is 2. The van der Waals surface area contributed by atoms with E-state index in [2.05, 4.69) is 59.0 Å². The topological polar surface area (TPSA) is 73.8 Å². The second-order valence-corrected chi connectivity index (χ2v) is 7.99. The summed E-state index contributed by atoms with van der Waals surface area (Å²) in [5.74, 6) is 1.00. The maximum Gasteiger partial charge on any atom is 0.233 e. The Morgan fingerprint density at radius 1 is 1.04 bits per heavy atom. The number of carbonyl (C=O) groups excluding carboxylic acids is 2. The zero-order chi connectivity index (χ0) is 19.7. The number of benzene rings is 1. The summed E-state index contributed by atoms with van der Waals surface area (Å²) in [5, 5.41) is 6.50. The Morgan fingerprint density at radius 3 is 2.25 bits per heavy atom. The van der Waals surface area contributed by atoms with E-state index in [1.165, 1.54) is 16.0 Å². The van der Waals surface area contributed by atoms with Crippen LogP contribution in [0.4, 0.5) is 0 Å². The van der Waals surface area contributed by atoms with Crippen LogP contribution < -0.4 is 10.6 Å². The summed E-state index contributed by atoms with van der Waals surface area (Å²) >= 11 is 0. The van der Waals surface area contributed by atoms with Gasteiger partial charge in [0.2, 0.25) is 11.8 Å². The Hall–Kier alpha value is -2.63. The highest BCUT2D eigenvalue weighted by atomic mass is 16.2. The summed E-state index contributed by atoms with van der Waals surface area (Å²) < 4.78 is 0. The van der Waals surface area contributed by atoms with Gasteiger partial charge in [-0.2, -0.15) is 0 Å². The fraction of sp³-hybridized carbons (Fsp3) is 0.500. The zero-order valence-corrected chi connectivity index (χ0v) is 16.5. The number of likely N-dealkylation sites (tertiary alicyclic amines) is 1. The van der Waals surface area contributed by atoms with E-state index in [1.807, 2.05) is 0 Å². The van der Waals surface area contributed by atoms with E-state index in [-0.39, 0.29) is 35.5 Å². The van der Waals surface area contributed by atoms with Gasteiger partial charge < -0.3 is 10.6 Å². The van der Waals surface area contributed by atoms with Gasteiger partial charge in [-0.3, -0.25) is 19.5 Å². The van der Waals surface area contributed by atoms with Crippen molar-refractivity contribution in [1.29, 1.82) is 0 Å². The average molecular weight is 380 g/mol. The molecule has 6 nitrogen and oxygen atoms in total. The molecule has 1 aromatic carbocycles. The Kier molecular flexibility index (Phi) is 5.20. The van der Waals surface area contributed by atoms with E-state index in [4.69, 9.17) is 0 Å². The largest absolute Gasteiger partial charge is 0.356 e. The van der Waals surface area contributed by atoms with Gasteiger partial charge in [-0.1, -0.05) is 42.0 Å². The van der Waals surface area contributed by atoms with E-state index >= 15 is 0 Å². The summed E-state index contributed by atoms with van der Waals surface area (Å²) in [4.78, 5) is 31.0. The third-order valence-electron chi connectivity index (χ3n) is 6.24. The number of rotatable bonds is 6. The fourth-order valence-electron chi connectivity index (χ4n) is 4.77. The Labute approximate surface area is 166 Å². The number of imide groups is 1. The normalized spacial score (nSPS) is 28.2. The molecule has 4 atom stereocenters. The molecular weight excluding hydrogens is 352 g/mol. The monoisotopic (exact) mass is 380 g/mol. The van der Waals surface area contributed by atoms with Crippen LogP contribution in [0.25, 0.3) is 0 Å². The van der Waals surface area contributed by atoms with Crippen molar-refractivity contribution in [2.75, 3.05) is 26.7 Å². The summed E-state index contributed by atoms with van der Waals surface area (Å²) in [6, 6.07) is 8.50. The molecule has 1 saturated heterocycles. The first kappa shape index (κ1) is 18.7. The quantitative estimate of drug-likeness (QED) is 0.340. The SMILES string of the molecule is CN=C(NCCc1ccc(C)cc1)NCCN1C(=O)C2C3C=CC(C3)C2C1=O. The van der Waals surface area contributed by atoms with E-state index in [0.29, 0.717) is 19.0 Å². The predicted molar refractivity (Wildman–Crippen MR) is 109 cm³/mol. The van der Waals surface area contributed by atoms with E-state index in [1.54, 1.807) is 7.05 Å². The number of amides is 2. The van der Waals surface area contributed by atoms with E-state index in [9.17, 15) is 9.59 Å². The lowest BCUT2D eigenvalue weighted by Gasteiger charge is -2.18. The first-order valence-corrected chi connectivity index (χ1v) is 10.1. The minimum Gasteiger partial charge on any atom is -0.356 e. The lowest BCUT2D eigenvalue weighted by atomic mass is 9.85. The fourth-order valence-corrected chi connectivity index (χ4v) is 4.77. The molecule has 2 fully saturated rings. The van der Waals surface area contributed by atoms with E-state index in [0.717, 1.165) is 19.4 Å². The Morgan fingerprint density at radius 2 is 1.64 bits per heavy atom. The molecule has 0 radical (unpaired) electrons. The number of hydrogen-bond acceptors (Lipinski definition) is 3. The van der Waals surface area contributed by atoms with Crippen LogP contribution >= 0.6 is 0 Å². The van der Waals surface area contributed by atoms with Gasteiger partial charge in [-0.25, -0.2) is 0 Å². The molecule has 2 N–H and O–H groups in total. The molecule has 1 aliphatic heterocycles. The molecule has 1 aromatic rings. The molecule has 2 aliphatic carbocycles. The van der Waals surface area contributed by atoms with Gasteiger partial charge in [0.05, 0.1) is 11.8 Å². The number of guanidine groups is 1. The zero-order valence-electron chi connectivity index (χ0n) is 16.5. The standard InChI is InChI=1S/C22H28N4O2/c1-14-3-5-15(6-4-14)9-10-24-22(23-2)25-11-12-26-20(27)18-16-7-8-17(13-16)19(18)21(26)28/h3-8,16-19H,9-13H2,1-2H3,(H2,23,24,25). The number of allylic oxidation sites excluding steroid dienone is 2. The third-order valence-corrected chi connectivity index (χ3v) is 6.24. The number of fused-ring (bicyclic) bond motifs is 5. The van der Waals surface area contributed by atoms with Crippen molar-refractivity contribution < 1.29 is 9.59 Å². The van der Waals surface area contributed by atoms with Crippen molar-refractivity contribution in [3.63, 3.8) is 0 Å². The van der Waals surface area contributed by atoms with Crippen LogP contribution in [0.1, 0.15) is 17.5 Å². The summed E-state index contributed by atoms with van der Waals surface area (Å²) in [7, 11) is 1.72. The Bertz CT molecular complexity index is 784. The molecule has 6 heteroatoms. The molecule has 1 heterocycles. The van der Waals surface area contributed by atoms with Crippen molar-refractivity contribution in [2.45, 2.75) is 19.8 Å². The Balaban J connectivity index is 1.22. The number of carbonyl (C=O) groups is 2. The number of hydrogen-bond donors (Lipinski definition) is 2. The minimum absolute atomic E-state index is 0.0102. The second kappa shape index (κ2) is 7.78. The van der Waals surface area contributed by atoms with Crippen LogP contribution in [-0.2, 0) is 16.0 Å². The lowest BCUT2D eigenvalue weighted by molar-refractivity contribution is -0.140. The molecule has 4 unspecified atom stereocenters. The number of aryl methyl sites for hydroxylation is 1. The van der Waals surface area contributed by atoms with Crippen molar-refractivity contribution in [3.8, 4) is 0 Å². The van der Waals surface area contributed by atoms with Crippen molar-refractivity contribution in [2.24, 2.45) is 28.7 Å². The molecule has 3 aliphatic rings. The van der Waals surface area contributed by atoms with Gasteiger partial charge in [-0.15, -0.1) is 0 Å². The van der Waals surface area contributed by atoms with Crippen molar-refractivity contribution in [1.82, 2.24) is 15.5 Å². The molecule has 148 valence electrons. The molecule has 0 aromatic heterocycles. The summed E-state index contributed by atoms with van der Waals surface area (Å²) in [6.07, 6.45) is 6.12. The molecule has 2 bridgehead atoms. The van der Waals surface area contributed by atoms with Gasteiger partial charge in [0.1, 0.15) is 0 Å². The van der Waals surface area contributed by atoms with Crippen molar-refractivity contribution in [3.05, 3.63) is 47.5 Å². The number of aliphatic imine (C=N–C) groups is 1. The van der Waals surface area contributed by atoms with Crippen LogP contribution in [0.5, 0.6) is 0 Å². The van der Waals surface area contributed by atoms with Crippen molar-refractivity contribution >= 4 is 17.8 Å². The lowest BCUT2D eigenvalue weighted by Crippen LogP contribution is -2.44. The van der Waals surface area contributed by atoms with Crippen LogP contribution in [0.2, 0.25) is 0 Å². The molecule has 28 heavy (non-hydrogen) atoms. The van der Waals surface area contributed by atoms with Gasteiger partial charge in [-0.05, 0) is 37.2 Å². The highest BCUT2D eigenvalue weighted by Crippen LogP contribution is 2.52. The molecule has 4 rings (SSSR count). The van der Waals surface area contributed by atoms with Crippen LogP contribution in [0.3, 0.4) is 0 Å². The summed E-state index contributed by atoms with van der Waals surface area (Å²) in [6.45, 7) is 3.74. The highest BCUT2D eigenvalue weighted by molar-refractivity contribution is 6.06. The maximum atomic E-state index is 12.7. The average Bonchev–Trinajstić information content (AvgIpc) is 3.37. The maximum absolute atomic E-state index is 12.7. The summed E-state index contributed by atoms with van der Waals surface area (Å²) in [5.41, 5.74) is 2.53. The third kappa shape index (κ3) is 3.43. The highest BCUT2D eigenvalue weighted by Gasteiger charge is 2.58. The first-order valence-electron chi connectivity index (χ1n) is 10.1. The first-order chi connectivity index (χ1) is 13.6. The molecule has 1 saturated carbocycles. The molecule has 0 spiro atoms. The van der Waals surface area contributed by atoms with Gasteiger partial charge in [0.15, 0.2) is 5.96 Å². The minimum atomic E-state index is -0.116. The van der Waals surface area contributed by atoms with Crippen LogP contribution in [0, 0.1) is 30.6 Å². The van der Waals surface area contributed by atoms with Crippen LogP contribution in [0.15, 0.2) is 41.4 Å². The van der Waals surface area contributed by atoms with E-state index < -0.39 is 0 Å². The number of nitrogens with one attached hydrogen (secondary N) is 2. The van der Waals surface area contributed by atoms with Crippen LogP contribution in [-0.4, -0.2) is 49.4 Å². The smallest absolute Gasteiger partial charge is 0.233 e. The van der Waals surface area contributed by atoms with Gasteiger partial charge >= 0.3 is 0 Å². The van der Waals surface area contributed by atoms with Gasteiger partial charge in [0.25, 0.3) is 0 Å². The predicted octanol–water partition coefficient (Wildman–Crippen LogP) is 1.51. The molecule has 2 amide bonds. The molecular formula is C22H28N4O2.